The van der Waals surface area contributed by atoms with E-state index in [9.17, 15) is 9.67 Å². The number of para-hydroxylation sites is 1. The van der Waals surface area contributed by atoms with E-state index < -0.39 is 13.4 Å². The molecule has 1 unspecified atom stereocenters. The van der Waals surface area contributed by atoms with Gasteiger partial charge in [0, 0.05) is 11.3 Å². The fourth-order valence-electron chi connectivity index (χ4n) is 3.22. The van der Waals surface area contributed by atoms with Crippen LogP contribution in [0.3, 0.4) is 0 Å². The zero-order valence-corrected chi connectivity index (χ0v) is 18.1. The molecular formula is C23H28NO4P. The molecule has 0 saturated heterocycles. The van der Waals surface area contributed by atoms with Gasteiger partial charge in [-0.25, -0.2) is 0 Å². The second-order valence-electron chi connectivity index (χ2n) is 7.52. The Morgan fingerprint density at radius 1 is 0.828 bits per heavy atom. The molecule has 1 atom stereocenters. The van der Waals surface area contributed by atoms with Crippen LogP contribution in [0, 0.1) is 0 Å². The van der Waals surface area contributed by atoms with Crippen LogP contribution in [0.25, 0.3) is 10.8 Å². The number of anilines is 1. The number of rotatable bonds is 8. The Hall–Kier alpha value is -2.33. The van der Waals surface area contributed by atoms with Gasteiger partial charge in [0.25, 0.3) is 0 Å². The highest BCUT2D eigenvalue weighted by Gasteiger charge is 2.40. The van der Waals surface area contributed by atoms with Gasteiger partial charge in [-0.2, -0.15) is 0 Å². The number of hydrogen-bond acceptors (Lipinski definition) is 5. The number of phenolic OH excluding ortho intramolecular Hbond substituents is 1. The maximum absolute atomic E-state index is 13.9. The third-order valence-corrected chi connectivity index (χ3v) is 6.79. The highest BCUT2D eigenvalue weighted by Crippen LogP contribution is 2.63. The van der Waals surface area contributed by atoms with Crippen molar-refractivity contribution in [2.24, 2.45) is 0 Å². The van der Waals surface area contributed by atoms with Crippen molar-refractivity contribution in [3.63, 3.8) is 0 Å². The minimum Gasteiger partial charge on any atom is -0.508 e. The molecule has 0 heterocycles. The fraction of sp³-hybridized carbons (Fsp3) is 0.304. The summed E-state index contributed by atoms with van der Waals surface area (Å²) >= 11 is 0. The van der Waals surface area contributed by atoms with Crippen LogP contribution in [0.5, 0.6) is 5.75 Å². The van der Waals surface area contributed by atoms with E-state index in [0.29, 0.717) is 5.56 Å². The first kappa shape index (κ1) is 21.4. The van der Waals surface area contributed by atoms with Gasteiger partial charge in [0.05, 0.1) is 12.2 Å². The number of aromatic hydroxyl groups is 1. The van der Waals surface area contributed by atoms with Crippen molar-refractivity contribution in [1.82, 2.24) is 0 Å². The van der Waals surface area contributed by atoms with E-state index in [1.54, 1.807) is 24.3 Å². The minimum atomic E-state index is -3.69. The number of benzene rings is 3. The zero-order chi connectivity index (χ0) is 21.0. The third-order valence-electron chi connectivity index (χ3n) is 4.32. The summed E-state index contributed by atoms with van der Waals surface area (Å²) in [5, 5.41) is 16.0. The van der Waals surface area contributed by atoms with Crippen LogP contribution < -0.4 is 5.32 Å². The van der Waals surface area contributed by atoms with E-state index in [1.165, 1.54) is 0 Å². The molecule has 0 aromatic heterocycles. The molecule has 0 radical (unpaired) electrons. The van der Waals surface area contributed by atoms with Gasteiger partial charge in [-0.05, 0) is 56.7 Å². The van der Waals surface area contributed by atoms with Crippen molar-refractivity contribution < 1.29 is 18.7 Å². The highest BCUT2D eigenvalue weighted by atomic mass is 31.2. The highest BCUT2D eigenvalue weighted by molar-refractivity contribution is 7.54. The maximum atomic E-state index is 13.9. The van der Waals surface area contributed by atoms with Gasteiger partial charge in [-0.3, -0.25) is 4.57 Å². The molecular weight excluding hydrogens is 385 g/mol. The summed E-state index contributed by atoms with van der Waals surface area (Å²) < 4.78 is 25.6. The molecule has 0 spiro atoms. The van der Waals surface area contributed by atoms with Gasteiger partial charge in [-0.1, -0.05) is 48.5 Å². The van der Waals surface area contributed by atoms with E-state index >= 15 is 0 Å². The van der Waals surface area contributed by atoms with Crippen molar-refractivity contribution >= 4 is 24.1 Å². The van der Waals surface area contributed by atoms with Crippen molar-refractivity contribution in [3.8, 4) is 5.75 Å². The number of hydrogen-bond donors (Lipinski definition) is 2. The second kappa shape index (κ2) is 9.00. The average molecular weight is 413 g/mol. The smallest absolute Gasteiger partial charge is 0.357 e. The molecule has 3 rings (SSSR count). The summed E-state index contributed by atoms with van der Waals surface area (Å²) in [4.78, 5) is 0. The molecule has 154 valence electrons. The lowest BCUT2D eigenvalue weighted by Crippen LogP contribution is -2.19. The average Bonchev–Trinajstić information content (AvgIpc) is 2.65. The predicted molar refractivity (Wildman–Crippen MR) is 118 cm³/mol. The van der Waals surface area contributed by atoms with Crippen LogP contribution in [-0.4, -0.2) is 17.3 Å². The van der Waals surface area contributed by atoms with Gasteiger partial charge >= 0.3 is 7.60 Å². The summed E-state index contributed by atoms with van der Waals surface area (Å²) in [5.41, 5.74) is 1.22. The van der Waals surface area contributed by atoms with Crippen molar-refractivity contribution in [2.75, 3.05) is 5.32 Å². The Balaban J connectivity index is 2.08. The number of fused-ring (bicyclic) bond motifs is 1. The summed E-state index contributed by atoms with van der Waals surface area (Å²) in [6.45, 7) is 7.26. The van der Waals surface area contributed by atoms with Gasteiger partial charge in [0.2, 0.25) is 0 Å². The Labute approximate surface area is 172 Å². The first-order chi connectivity index (χ1) is 13.8. The lowest BCUT2D eigenvalue weighted by molar-refractivity contribution is 0.137. The van der Waals surface area contributed by atoms with Crippen molar-refractivity contribution in [1.29, 1.82) is 0 Å². The van der Waals surface area contributed by atoms with Crippen LogP contribution in [0.4, 0.5) is 5.69 Å². The minimum absolute atomic E-state index is 0.0331. The Morgan fingerprint density at radius 2 is 1.41 bits per heavy atom. The molecule has 2 N–H and O–H groups in total. The fourth-order valence-corrected chi connectivity index (χ4v) is 5.55. The molecule has 6 heteroatoms. The molecule has 0 amide bonds. The van der Waals surface area contributed by atoms with Gasteiger partial charge in [0.1, 0.15) is 5.75 Å². The summed E-state index contributed by atoms with van der Waals surface area (Å²) in [7, 11) is -3.69. The SMILES string of the molecule is CC(C)OP(=O)(OC(C)C)C(Nc1ccc2ccccc2c1)c1ccccc1O. The monoisotopic (exact) mass is 413 g/mol. The van der Waals surface area contributed by atoms with Crippen molar-refractivity contribution in [3.05, 3.63) is 72.3 Å². The number of phenols is 1. The van der Waals surface area contributed by atoms with Crippen LogP contribution in [0.15, 0.2) is 66.7 Å². The molecule has 3 aromatic carbocycles. The lowest BCUT2D eigenvalue weighted by atomic mass is 10.1. The first-order valence-electron chi connectivity index (χ1n) is 9.78. The van der Waals surface area contributed by atoms with Crippen molar-refractivity contribution in [2.45, 2.75) is 45.7 Å². The third kappa shape index (κ3) is 5.18. The Morgan fingerprint density at radius 3 is 2.03 bits per heavy atom. The molecule has 0 bridgehead atoms. The molecule has 0 saturated carbocycles. The molecule has 0 aliphatic rings. The quantitative estimate of drug-likeness (QED) is 0.402. The summed E-state index contributed by atoms with van der Waals surface area (Å²) in [6.07, 6.45) is -0.627. The molecule has 0 aliphatic carbocycles. The van der Waals surface area contributed by atoms with E-state index in [2.05, 4.69) is 5.32 Å². The predicted octanol–water partition coefficient (Wildman–Crippen LogP) is 6.70. The van der Waals surface area contributed by atoms with Crippen LogP contribution in [0.2, 0.25) is 0 Å². The van der Waals surface area contributed by atoms with E-state index in [4.69, 9.17) is 9.05 Å². The normalized spacial score (nSPS) is 13.2. The van der Waals surface area contributed by atoms with E-state index in [0.717, 1.165) is 16.5 Å². The Kier molecular flexibility index (Phi) is 6.63. The van der Waals surface area contributed by atoms with Gasteiger partial charge in [-0.15, -0.1) is 0 Å². The lowest BCUT2D eigenvalue weighted by Gasteiger charge is -2.31. The zero-order valence-electron chi connectivity index (χ0n) is 17.2. The van der Waals surface area contributed by atoms with Crippen LogP contribution in [-0.2, 0) is 13.6 Å². The molecule has 3 aromatic rings. The molecule has 5 nitrogen and oxygen atoms in total. The van der Waals surface area contributed by atoms with Gasteiger partial charge < -0.3 is 19.5 Å². The van der Waals surface area contributed by atoms with Crippen LogP contribution >= 0.6 is 7.60 Å². The second-order valence-corrected chi connectivity index (χ2v) is 9.53. The number of nitrogens with one attached hydrogen (secondary N) is 1. The molecule has 0 aliphatic heterocycles. The topological polar surface area (TPSA) is 67.8 Å². The van der Waals surface area contributed by atoms with Gasteiger partial charge in [0.15, 0.2) is 5.78 Å². The molecule has 0 fully saturated rings. The largest absolute Gasteiger partial charge is 0.508 e. The first-order valence-corrected chi connectivity index (χ1v) is 11.4. The van der Waals surface area contributed by atoms with E-state index in [1.807, 2.05) is 70.2 Å². The van der Waals surface area contributed by atoms with Crippen LogP contribution in [0.1, 0.15) is 39.0 Å². The van der Waals surface area contributed by atoms with E-state index in [-0.39, 0.29) is 18.0 Å². The molecule has 29 heavy (non-hydrogen) atoms. The standard InChI is InChI=1S/C23H28NO4P/c1-16(2)27-29(26,28-17(3)4)23(21-11-7-8-12-22(21)25)24-20-14-13-18-9-5-6-10-19(18)15-20/h5-17,23-25H,1-4H3. The maximum Gasteiger partial charge on any atom is 0.357 e. The summed E-state index contributed by atoms with van der Waals surface area (Å²) in [5.74, 6) is -0.833. The summed E-state index contributed by atoms with van der Waals surface area (Å²) in [6, 6.07) is 20.7. The Bertz CT molecular complexity index is 1000.